The number of nitrogens with zero attached hydrogens (tertiary/aromatic N) is 1. The van der Waals surface area contributed by atoms with E-state index in [4.69, 9.17) is 0 Å². The first-order chi connectivity index (χ1) is 6.95. The number of nitrogens with one attached hydrogen (secondary N) is 2. The van der Waals surface area contributed by atoms with Gasteiger partial charge in [0.25, 0.3) is 0 Å². The van der Waals surface area contributed by atoms with Crippen LogP contribution in [0, 0.1) is 5.92 Å². The van der Waals surface area contributed by atoms with Gasteiger partial charge in [-0.25, -0.2) is 0 Å². The Morgan fingerprint density at radius 1 is 1.50 bits per heavy atom. The van der Waals surface area contributed by atoms with Crippen molar-refractivity contribution >= 4 is 0 Å². The van der Waals surface area contributed by atoms with E-state index in [1.165, 1.54) is 24.8 Å². The second-order valence-electron chi connectivity index (χ2n) is 3.89. The monoisotopic (exact) mass is 191 g/mol. The van der Waals surface area contributed by atoms with Crippen LogP contribution in [0.4, 0.5) is 0 Å². The molecule has 0 bridgehead atoms. The minimum Gasteiger partial charge on any atom is -0.312 e. The molecule has 2 rings (SSSR count). The van der Waals surface area contributed by atoms with Crippen molar-refractivity contribution in [1.29, 1.82) is 0 Å². The van der Waals surface area contributed by atoms with E-state index in [-0.39, 0.29) is 0 Å². The van der Waals surface area contributed by atoms with Crippen LogP contribution in [0.15, 0.2) is 24.5 Å². The first kappa shape index (κ1) is 9.46. The van der Waals surface area contributed by atoms with Crippen LogP contribution in [0.5, 0.6) is 0 Å². The van der Waals surface area contributed by atoms with Crippen molar-refractivity contribution in [2.75, 3.05) is 6.54 Å². The Labute approximate surface area is 84.6 Å². The highest BCUT2D eigenvalue weighted by molar-refractivity contribution is 5.01. The minimum absolute atomic E-state index is 0.826. The lowest BCUT2D eigenvalue weighted by molar-refractivity contribution is 0.440. The number of hydrogen-bond acceptors (Lipinski definition) is 2. The van der Waals surface area contributed by atoms with Crippen LogP contribution in [-0.4, -0.2) is 16.7 Å². The smallest absolute Gasteiger partial charge is 0.0532 e. The standard InChI is InChI=1S/C11H17N3/c1-2-4-10(5-3-1)6-12-7-11-8-13-14-9-11/h1-2,8-10,12H,3-7H2,(H,13,14). The van der Waals surface area contributed by atoms with Crippen LogP contribution in [0.2, 0.25) is 0 Å². The molecule has 0 saturated carbocycles. The summed E-state index contributed by atoms with van der Waals surface area (Å²) in [5.74, 6) is 0.826. The van der Waals surface area contributed by atoms with E-state index < -0.39 is 0 Å². The molecule has 3 heteroatoms. The Bertz CT molecular complexity index is 277. The van der Waals surface area contributed by atoms with E-state index in [1.807, 2.05) is 12.4 Å². The summed E-state index contributed by atoms with van der Waals surface area (Å²) in [6.45, 7) is 2.05. The van der Waals surface area contributed by atoms with E-state index in [0.717, 1.165) is 19.0 Å². The lowest BCUT2D eigenvalue weighted by atomic mass is 9.94. The molecule has 1 aromatic heterocycles. The zero-order chi connectivity index (χ0) is 9.64. The molecule has 0 spiro atoms. The van der Waals surface area contributed by atoms with Gasteiger partial charge in [0.1, 0.15) is 0 Å². The highest BCUT2D eigenvalue weighted by Crippen LogP contribution is 2.16. The molecule has 0 aromatic carbocycles. The number of allylic oxidation sites excluding steroid dienone is 2. The third-order valence-electron chi connectivity index (χ3n) is 2.69. The number of hydrogen-bond donors (Lipinski definition) is 2. The maximum Gasteiger partial charge on any atom is 0.0532 e. The SMILES string of the molecule is C1=CCC(CNCc2cn[nH]c2)CC1. The summed E-state index contributed by atoms with van der Waals surface area (Å²) < 4.78 is 0. The number of rotatable bonds is 4. The molecule has 0 aliphatic heterocycles. The van der Waals surface area contributed by atoms with Gasteiger partial charge >= 0.3 is 0 Å². The highest BCUT2D eigenvalue weighted by Gasteiger charge is 2.08. The fourth-order valence-corrected chi connectivity index (χ4v) is 1.84. The summed E-state index contributed by atoms with van der Waals surface area (Å²) in [7, 11) is 0. The first-order valence-electron chi connectivity index (χ1n) is 5.28. The summed E-state index contributed by atoms with van der Waals surface area (Å²) in [5, 5.41) is 10.2. The van der Waals surface area contributed by atoms with Gasteiger partial charge in [-0.1, -0.05) is 12.2 Å². The quantitative estimate of drug-likeness (QED) is 0.713. The molecule has 2 N–H and O–H groups in total. The molecule has 0 saturated heterocycles. The number of aromatic nitrogens is 2. The highest BCUT2D eigenvalue weighted by atomic mass is 15.1. The molecule has 1 aliphatic carbocycles. The average Bonchev–Trinajstić information content (AvgIpc) is 2.72. The van der Waals surface area contributed by atoms with Crippen molar-refractivity contribution < 1.29 is 0 Å². The van der Waals surface area contributed by atoms with Gasteiger partial charge in [0.15, 0.2) is 0 Å². The predicted octanol–water partition coefficient (Wildman–Crippen LogP) is 1.86. The Balaban J connectivity index is 1.65. The largest absolute Gasteiger partial charge is 0.312 e. The minimum atomic E-state index is 0.826. The third kappa shape index (κ3) is 2.70. The van der Waals surface area contributed by atoms with Crippen molar-refractivity contribution in [2.45, 2.75) is 25.8 Å². The number of aromatic amines is 1. The summed E-state index contributed by atoms with van der Waals surface area (Å²) in [4.78, 5) is 0. The summed E-state index contributed by atoms with van der Waals surface area (Å²) >= 11 is 0. The molecular weight excluding hydrogens is 174 g/mol. The lowest BCUT2D eigenvalue weighted by Crippen LogP contribution is -2.22. The van der Waals surface area contributed by atoms with Crippen molar-refractivity contribution in [3.05, 3.63) is 30.1 Å². The molecular formula is C11H17N3. The molecule has 0 amide bonds. The Morgan fingerprint density at radius 3 is 3.21 bits per heavy atom. The van der Waals surface area contributed by atoms with E-state index >= 15 is 0 Å². The van der Waals surface area contributed by atoms with Gasteiger partial charge in [0.05, 0.1) is 6.20 Å². The van der Waals surface area contributed by atoms with E-state index in [0.29, 0.717) is 0 Å². The molecule has 3 nitrogen and oxygen atoms in total. The fourth-order valence-electron chi connectivity index (χ4n) is 1.84. The topological polar surface area (TPSA) is 40.7 Å². The van der Waals surface area contributed by atoms with Crippen LogP contribution in [0.1, 0.15) is 24.8 Å². The zero-order valence-corrected chi connectivity index (χ0v) is 8.37. The normalized spacial score (nSPS) is 21.3. The maximum absolute atomic E-state index is 3.91. The van der Waals surface area contributed by atoms with Gasteiger partial charge in [-0.15, -0.1) is 0 Å². The second-order valence-corrected chi connectivity index (χ2v) is 3.89. The summed E-state index contributed by atoms with van der Waals surface area (Å²) in [6.07, 6.45) is 12.2. The van der Waals surface area contributed by atoms with Crippen molar-refractivity contribution in [1.82, 2.24) is 15.5 Å². The van der Waals surface area contributed by atoms with Gasteiger partial charge in [0, 0.05) is 18.3 Å². The van der Waals surface area contributed by atoms with E-state index in [1.54, 1.807) is 0 Å². The van der Waals surface area contributed by atoms with Crippen molar-refractivity contribution in [3.8, 4) is 0 Å². The van der Waals surface area contributed by atoms with Crippen LogP contribution >= 0.6 is 0 Å². The summed E-state index contributed by atoms with van der Waals surface area (Å²) in [5.41, 5.74) is 1.23. The van der Waals surface area contributed by atoms with Crippen LogP contribution in [0.3, 0.4) is 0 Å². The summed E-state index contributed by atoms with van der Waals surface area (Å²) in [6, 6.07) is 0. The van der Waals surface area contributed by atoms with Crippen molar-refractivity contribution in [3.63, 3.8) is 0 Å². The average molecular weight is 191 g/mol. The molecule has 1 atom stereocenters. The molecule has 1 aliphatic rings. The number of H-pyrrole nitrogens is 1. The molecule has 1 unspecified atom stereocenters. The Kier molecular flexibility index (Phi) is 3.35. The molecule has 14 heavy (non-hydrogen) atoms. The van der Waals surface area contributed by atoms with Gasteiger partial charge in [-0.3, -0.25) is 5.10 Å². The lowest BCUT2D eigenvalue weighted by Gasteiger charge is -2.17. The third-order valence-corrected chi connectivity index (χ3v) is 2.69. The molecule has 76 valence electrons. The molecule has 0 fully saturated rings. The predicted molar refractivity (Wildman–Crippen MR) is 56.8 cm³/mol. The second kappa shape index (κ2) is 4.96. The maximum atomic E-state index is 3.91. The van der Waals surface area contributed by atoms with Gasteiger partial charge in [-0.2, -0.15) is 5.10 Å². The van der Waals surface area contributed by atoms with Gasteiger partial charge in [0.2, 0.25) is 0 Å². The first-order valence-corrected chi connectivity index (χ1v) is 5.28. The van der Waals surface area contributed by atoms with Crippen molar-refractivity contribution in [2.24, 2.45) is 5.92 Å². The Morgan fingerprint density at radius 2 is 2.50 bits per heavy atom. The van der Waals surface area contributed by atoms with Gasteiger partial charge < -0.3 is 5.32 Å². The molecule has 1 heterocycles. The van der Waals surface area contributed by atoms with Crippen LogP contribution in [0.25, 0.3) is 0 Å². The van der Waals surface area contributed by atoms with Crippen LogP contribution in [-0.2, 0) is 6.54 Å². The van der Waals surface area contributed by atoms with E-state index in [2.05, 4.69) is 27.7 Å². The fraction of sp³-hybridized carbons (Fsp3) is 0.545. The van der Waals surface area contributed by atoms with E-state index in [9.17, 15) is 0 Å². The molecule has 1 aromatic rings. The van der Waals surface area contributed by atoms with Crippen LogP contribution < -0.4 is 5.32 Å². The molecule has 0 radical (unpaired) electrons. The van der Waals surface area contributed by atoms with Gasteiger partial charge in [-0.05, 0) is 31.7 Å². The zero-order valence-electron chi connectivity index (χ0n) is 8.37. The Hall–Kier alpha value is -1.09.